The molecule has 0 aliphatic carbocycles. The van der Waals surface area contributed by atoms with Crippen LogP contribution in [0.1, 0.15) is 34.6 Å². The summed E-state index contributed by atoms with van der Waals surface area (Å²) < 4.78 is 0. The van der Waals surface area contributed by atoms with Crippen molar-refractivity contribution in [3.63, 3.8) is 0 Å². The number of carboxylic acid groups (broad SMARTS) is 1. The lowest BCUT2D eigenvalue weighted by molar-refractivity contribution is -0.141. The van der Waals surface area contributed by atoms with Crippen molar-refractivity contribution in [1.82, 2.24) is 10.6 Å². The van der Waals surface area contributed by atoms with Crippen LogP contribution in [0.4, 0.5) is 4.79 Å². The number of nitrogens with one attached hydrogen (secondary N) is 2. The van der Waals surface area contributed by atoms with Gasteiger partial charge in [-0.05, 0) is 18.3 Å². The number of hydrogen-bond acceptors (Lipinski definition) is 3. The third kappa shape index (κ3) is 5.86. The zero-order valence-corrected chi connectivity index (χ0v) is 11.7. The number of urea groups is 1. The van der Waals surface area contributed by atoms with Crippen LogP contribution in [0.5, 0.6) is 0 Å². The molecule has 6 nitrogen and oxygen atoms in total. The monoisotopic (exact) mass is 260 g/mol. The Labute approximate surface area is 108 Å². The molecule has 0 bridgehead atoms. The smallest absolute Gasteiger partial charge is 0.328 e. The fourth-order valence-corrected chi connectivity index (χ4v) is 1.13. The van der Waals surface area contributed by atoms with Crippen LogP contribution in [0, 0.1) is 11.3 Å². The molecule has 0 radical (unpaired) electrons. The van der Waals surface area contributed by atoms with E-state index in [0.29, 0.717) is 6.54 Å². The van der Waals surface area contributed by atoms with E-state index in [-0.39, 0.29) is 11.3 Å². The van der Waals surface area contributed by atoms with E-state index in [1.807, 2.05) is 6.92 Å². The van der Waals surface area contributed by atoms with Crippen LogP contribution in [-0.2, 0) is 4.79 Å². The number of aliphatic hydroxyl groups is 1. The molecule has 0 saturated carbocycles. The van der Waals surface area contributed by atoms with E-state index < -0.39 is 24.1 Å². The molecule has 18 heavy (non-hydrogen) atoms. The van der Waals surface area contributed by atoms with E-state index in [4.69, 9.17) is 5.11 Å². The Morgan fingerprint density at radius 3 is 2.06 bits per heavy atom. The lowest BCUT2D eigenvalue weighted by atomic mass is 9.82. The van der Waals surface area contributed by atoms with Gasteiger partial charge in [0.05, 0.1) is 6.10 Å². The molecule has 6 heteroatoms. The summed E-state index contributed by atoms with van der Waals surface area (Å²) in [6.07, 6.45) is -1.15. The molecule has 1 unspecified atom stereocenters. The first-order chi connectivity index (χ1) is 8.05. The maximum atomic E-state index is 11.5. The number of carbonyl (C=O) groups excluding carboxylic acids is 1. The Kier molecular flexibility index (Phi) is 6.11. The minimum atomic E-state index is -1.30. The first kappa shape index (κ1) is 16.7. The maximum absolute atomic E-state index is 11.5. The molecule has 0 aromatic rings. The van der Waals surface area contributed by atoms with E-state index >= 15 is 0 Å². The van der Waals surface area contributed by atoms with Gasteiger partial charge in [0.1, 0.15) is 0 Å². The minimum Gasteiger partial charge on any atom is -0.480 e. The summed E-state index contributed by atoms with van der Waals surface area (Å²) in [4.78, 5) is 22.3. The minimum absolute atomic E-state index is 0.0593. The van der Waals surface area contributed by atoms with Gasteiger partial charge in [-0.15, -0.1) is 0 Å². The van der Waals surface area contributed by atoms with Crippen LogP contribution in [0.2, 0.25) is 0 Å². The number of carboxylic acids is 1. The number of carbonyl (C=O) groups is 2. The van der Waals surface area contributed by atoms with Crippen molar-refractivity contribution in [2.75, 3.05) is 6.54 Å². The highest BCUT2D eigenvalue weighted by atomic mass is 16.4. The Bertz CT molecular complexity index is 297. The lowest BCUT2D eigenvalue weighted by Gasteiger charge is -2.27. The molecule has 0 aromatic carbocycles. The van der Waals surface area contributed by atoms with E-state index in [1.54, 1.807) is 0 Å². The molecule has 106 valence electrons. The Morgan fingerprint density at radius 1 is 1.22 bits per heavy atom. The predicted octanol–water partition coefficient (Wildman–Crippen LogP) is 0.802. The quantitative estimate of drug-likeness (QED) is 0.587. The molecular weight excluding hydrogens is 236 g/mol. The Balaban J connectivity index is 4.23. The molecule has 0 aromatic heterocycles. The molecular formula is C12H24N2O4. The average Bonchev–Trinajstić information content (AvgIpc) is 2.19. The van der Waals surface area contributed by atoms with E-state index in [9.17, 15) is 14.7 Å². The first-order valence-corrected chi connectivity index (χ1v) is 6.01. The van der Waals surface area contributed by atoms with Gasteiger partial charge in [-0.2, -0.15) is 0 Å². The van der Waals surface area contributed by atoms with Gasteiger partial charge in [-0.1, -0.05) is 27.7 Å². The van der Waals surface area contributed by atoms with Crippen molar-refractivity contribution >= 4 is 12.0 Å². The van der Waals surface area contributed by atoms with Gasteiger partial charge in [0.15, 0.2) is 6.04 Å². The van der Waals surface area contributed by atoms with Crippen molar-refractivity contribution < 1.29 is 19.8 Å². The highest BCUT2D eigenvalue weighted by Gasteiger charge is 2.26. The van der Waals surface area contributed by atoms with E-state index in [1.165, 1.54) is 6.92 Å². The van der Waals surface area contributed by atoms with Crippen LogP contribution in [0.3, 0.4) is 0 Å². The second kappa shape index (κ2) is 6.58. The molecule has 4 N–H and O–H groups in total. The Hall–Kier alpha value is -1.30. The number of rotatable bonds is 5. The molecule has 0 heterocycles. The summed E-state index contributed by atoms with van der Waals surface area (Å²) in [6, 6.07) is -1.88. The van der Waals surface area contributed by atoms with Crippen LogP contribution in [0.25, 0.3) is 0 Å². The predicted molar refractivity (Wildman–Crippen MR) is 68.3 cm³/mol. The maximum Gasteiger partial charge on any atom is 0.328 e. The van der Waals surface area contributed by atoms with Crippen LogP contribution >= 0.6 is 0 Å². The molecule has 0 aliphatic heterocycles. The fraction of sp³-hybridized carbons (Fsp3) is 0.833. The van der Waals surface area contributed by atoms with E-state index in [2.05, 4.69) is 31.4 Å². The summed E-state index contributed by atoms with van der Waals surface area (Å²) in [7, 11) is 0. The Morgan fingerprint density at radius 2 is 1.72 bits per heavy atom. The molecule has 0 spiro atoms. The largest absolute Gasteiger partial charge is 0.480 e. The average molecular weight is 260 g/mol. The van der Waals surface area contributed by atoms with Crippen LogP contribution in [0.15, 0.2) is 0 Å². The number of hydrogen-bond donors (Lipinski definition) is 4. The molecule has 2 amide bonds. The van der Waals surface area contributed by atoms with E-state index in [0.717, 1.165) is 0 Å². The standard InChI is InChI=1S/C12H24N2O4/c1-7(12(3,4)5)6-13-11(18)14-9(8(2)15)10(16)17/h7-9,15H,6H2,1-5H3,(H,16,17)(H2,13,14,18)/t7?,8-,9+/m1/s1. The SMILES string of the molecule is CC(CNC(=O)N[C@H](C(=O)O)[C@@H](C)O)C(C)(C)C. The highest BCUT2D eigenvalue weighted by molar-refractivity contribution is 5.82. The molecule has 3 atom stereocenters. The zero-order valence-electron chi connectivity index (χ0n) is 11.7. The number of aliphatic carboxylic acids is 1. The van der Waals surface area contributed by atoms with Gasteiger partial charge in [-0.3, -0.25) is 0 Å². The number of amides is 2. The van der Waals surface area contributed by atoms with Gasteiger partial charge in [0.25, 0.3) is 0 Å². The van der Waals surface area contributed by atoms with Crippen molar-refractivity contribution in [3.05, 3.63) is 0 Å². The topological polar surface area (TPSA) is 98.7 Å². The highest BCUT2D eigenvalue weighted by Crippen LogP contribution is 2.24. The summed E-state index contributed by atoms with van der Waals surface area (Å²) in [5.41, 5.74) is 0.0593. The normalized spacial score (nSPS) is 16.6. The molecule has 0 fully saturated rings. The third-order valence-corrected chi connectivity index (χ3v) is 3.08. The molecule has 0 aliphatic rings. The second-order valence-electron chi connectivity index (χ2n) is 5.68. The van der Waals surface area contributed by atoms with Crippen molar-refractivity contribution in [1.29, 1.82) is 0 Å². The number of aliphatic hydroxyl groups excluding tert-OH is 1. The molecule has 0 rings (SSSR count). The van der Waals surface area contributed by atoms with Crippen LogP contribution < -0.4 is 10.6 Å². The summed E-state index contributed by atoms with van der Waals surface area (Å²) in [6.45, 7) is 9.95. The summed E-state index contributed by atoms with van der Waals surface area (Å²) >= 11 is 0. The zero-order chi connectivity index (χ0) is 14.5. The van der Waals surface area contributed by atoms with Gasteiger partial charge >= 0.3 is 12.0 Å². The van der Waals surface area contributed by atoms with Gasteiger partial charge in [0, 0.05) is 6.54 Å². The van der Waals surface area contributed by atoms with Gasteiger partial charge in [-0.25, -0.2) is 9.59 Å². The third-order valence-electron chi connectivity index (χ3n) is 3.08. The van der Waals surface area contributed by atoms with Crippen LogP contribution in [-0.4, -0.2) is 40.9 Å². The van der Waals surface area contributed by atoms with Gasteiger partial charge in [0.2, 0.25) is 0 Å². The lowest BCUT2D eigenvalue weighted by Crippen LogP contribution is -2.52. The fourth-order valence-electron chi connectivity index (χ4n) is 1.13. The van der Waals surface area contributed by atoms with Crippen molar-refractivity contribution in [2.45, 2.75) is 46.8 Å². The van der Waals surface area contributed by atoms with Crippen molar-refractivity contribution in [2.24, 2.45) is 11.3 Å². The van der Waals surface area contributed by atoms with Gasteiger partial charge < -0.3 is 20.8 Å². The summed E-state index contributed by atoms with van der Waals surface area (Å²) in [5.74, 6) is -1.01. The van der Waals surface area contributed by atoms with Crippen molar-refractivity contribution in [3.8, 4) is 0 Å². The molecule has 0 saturated heterocycles. The first-order valence-electron chi connectivity index (χ1n) is 6.01. The summed E-state index contributed by atoms with van der Waals surface area (Å²) in [5, 5.41) is 22.8. The second-order valence-corrected chi connectivity index (χ2v) is 5.68.